The molecule has 24 heavy (non-hydrogen) atoms. The van der Waals surface area contributed by atoms with Gasteiger partial charge in [0.25, 0.3) is 0 Å². The van der Waals surface area contributed by atoms with E-state index in [-0.39, 0.29) is 0 Å². The van der Waals surface area contributed by atoms with E-state index in [4.69, 9.17) is 10.5 Å². The van der Waals surface area contributed by atoms with Gasteiger partial charge < -0.3 is 15.4 Å². The second-order valence-electron chi connectivity index (χ2n) is 5.48. The van der Waals surface area contributed by atoms with Gasteiger partial charge in [-0.25, -0.2) is 0 Å². The number of carbonyl (C=O) groups is 1. The van der Waals surface area contributed by atoms with E-state index in [1.807, 2.05) is 12.1 Å². The van der Waals surface area contributed by atoms with E-state index < -0.39 is 5.91 Å². The lowest BCUT2D eigenvalue weighted by molar-refractivity contribution is 0.100. The number of nitrogens with two attached hydrogens (primary N) is 1. The van der Waals surface area contributed by atoms with Crippen LogP contribution in [0.1, 0.15) is 22.8 Å². The van der Waals surface area contributed by atoms with Crippen LogP contribution in [0.25, 0.3) is 0 Å². The summed E-state index contributed by atoms with van der Waals surface area (Å²) in [4.78, 5) is 13.3. The largest absolute Gasteiger partial charge is 0.378 e. The number of anilines is 1. The van der Waals surface area contributed by atoms with Crippen LogP contribution in [0.4, 0.5) is 5.95 Å². The van der Waals surface area contributed by atoms with Crippen molar-refractivity contribution in [3.05, 3.63) is 35.4 Å². The minimum Gasteiger partial charge on any atom is -0.378 e. The lowest BCUT2D eigenvalue weighted by atomic mass is 10.1. The first kappa shape index (κ1) is 16.8. The molecule has 1 aromatic heterocycles. The fourth-order valence-corrected chi connectivity index (χ4v) is 3.53. The fraction of sp³-hybridized carbons (Fsp3) is 0.438. The van der Waals surface area contributed by atoms with Crippen molar-refractivity contribution >= 4 is 23.6 Å². The number of thioether (sulfide) groups is 1. The Balaban J connectivity index is 1.68. The fourth-order valence-electron chi connectivity index (χ4n) is 2.57. The quantitative estimate of drug-likeness (QED) is 0.798. The lowest BCUT2D eigenvalue weighted by Gasteiger charge is -2.27. The summed E-state index contributed by atoms with van der Waals surface area (Å²) < 4.78 is 7.53. The van der Waals surface area contributed by atoms with Crippen LogP contribution in [-0.4, -0.2) is 47.0 Å². The maximum Gasteiger partial charge on any atom is 0.248 e. The average molecular weight is 347 g/mol. The number of hydrogen-bond donors (Lipinski definition) is 1. The summed E-state index contributed by atoms with van der Waals surface area (Å²) in [7, 11) is 0. The predicted molar refractivity (Wildman–Crippen MR) is 93.2 cm³/mol. The van der Waals surface area contributed by atoms with Crippen LogP contribution in [0.2, 0.25) is 0 Å². The SMILES string of the molecule is CCn1c(SCc2ccc(C(N)=O)cc2)nnc1N1CCOCC1. The number of amides is 1. The van der Waals surface area contributed by atoms with E-state index >= 15 is 0 Å². The van der Waals surface area contributed by atoms with Crippen molar-refractivity contribution in [2.45, 2.75) is 24.4 Å². The zero-order valence-corrected chi connectivity index (χ0v) is 14.5. The Bertz CT molecular complexity index is 695. The van der Waals surface area contributed by atoms with Gasteiger partial charge in [0.15, 0.2) is 5.16 Å². The van der Waals surface area contributed by atoms with Crippen LogP contribution in [0.3, 0.4) is 0 Å². The molecule has 128 valence electrons. The molecular weight excluding hydrogens is 326 g/mol. The number of nitrogens with zero attached hydrogens (tertiary/aromatic N) is 4. The molecule has 1 fully saturated rings. The van der Waals surface area contributed by atoms with Crippen LogP contribution < -0.4 is 10.6 Å². The van der Waals surface area contributed by atoms with Gasteiger partial charge in [-0.15, -0.1) is 10.2 Å². The van der Waals surface area contributed by atoms with Gasteiger partial charge in [-0.3, -0.25) is 9.36 Å². The minimum atomic E-state index is -0.407. The lowest BCUT2D eigenvalue weighted by Crippen LogP contribution is -2.38. The van der Waals surface area contributed by atoms with Crippen LogP contribution in [-0.2, 0) is 17.0 Å². The Hall–Kier alpha value is -2.06. The van der Waals surface area contributed by atoms with Crippen molar-refractivity contribution in [1.82, 2.24) is 14.8 Å². The number of morpholine rings is 1. The summed E-state index contributed by atoms with van der Waals surface area (Å²) in [6.45, 7) is 6.06. The van der Waals surface area contributed by atoms with Crippen LogP contribution in [0.5, 0.6) is 0 Å². The molecule has 0 atom stereocenters. The van der Waals surface area contributed by atoms with E-state index in [0.717, 1.165) is 55.3 Å². The summed E-state index contributed by atoms with van der Waals surface area (Å²) in [5.41, 5.74) is 6.90. The van der Waals surface area contributed by atoms with Crippen LogP contribution in [0.15, 0.2) is 29.4 Å². The maximum atomic E-state index is 11.1. The molecule has 1 saturated heterocycles. The number of carbonyl (C=O) groups excluding carboxylic acids is 1. The zero-order chi connectivity index (χ0) is 16.9. The molecule has 1 aliphatic rings. The summed E-state index contributed by atoms with van der Waals surface area (Å²) in [6, 6.07) is 7.34. The molecule has 1 aliphatic heterocycles. The van der Waals surface area contributed by atoms with E-state index in [9.17, 15) is 4.79 Å². The first-order chi connectivity index (χ1) is 11.7. The van der Waals surface area contributed by atoms with E-state index in [1.54, 1.807) is 23.9 Å². The number of aromatic nitrogens is 3. The second kappa shape index (κ2) is 7.67. The maximum absolute atomic E-state index is 11.1. The molecule has 0 radical (unpaired) electrons. The van der Waals surface area contributed by atoms with Gasteiger partial charge in [0.2, 0.25) is 11.9 Å². The number of ether oxygens (including phenoxy) is 1. The highest BCUT2D eigenvalue weighted by Gasteiger charge is 2.19. The summed E-state index contributed by atoms with van der Waals surface area (Å²) in [5.74, 6) is 1.27. The van der Waals surface area contributed by atoms with Gasteiger partial charge in [-0.1, -0.05) is 23.9 Å². The normalized spacial score (nSPS) is 14.8. The van der Waals surface area contributed by atoms with Crippen molar-refractivity contribution in [1.29, 1.82) is 0 Å². The topological polar surface area (TPSA) is 86.3 Å². The van der Waals surface area contributed by atoms with Crippen molar-refractivity contribution in [3.8, 4) is 0 Å². The van der Waals surface area contributed by atoms with Crippen molar-refractivity contribution < 1.29 is 9.53 Å². The molecule has 0 saturated carbocycles. The Morgan fingerprint density at radius 1 is 1.25 bits per heavy atom. The van der Waals surface area contributed by atoms with Crippen molar-refractivity contribution in [2.24, 2.45) is 5.73 Å². The predicted octanol–water partition coefficient (Wildman–Crippen LogP) is 1.53. The number of benzene rings is 1. The third-order valence-electron chi connectivity index (χ3n) is 3.91. The Morgan fingerprint density at radius 3 is 2.58 bits per heavy atom. The third-order valence-corrected chi connectivity index (χ3v) is 4.95. The van der Waals surface area contributed by atoms with Gasteiger partial charge in [-0.2, -0.15) is 0 Å². The molecule has 7 nitrogen and oxygen atoms in total. The molecule has 0 spiro atoms. The monoisotopic (exact) mass is 347 g/mol. The second-order valence-corrected chi connectivity index (χ2v) is 6.42. The Morgan fingerprint density at radius 2 is 1.96 bits per heavy atom. The molecule has 1 amide bonds. The highest BCUT2D eigenvalue weighted by molar-refractivity contribution is 7.98. The van der Waals surface area contributed by atoms with Crippen LogP contribution >= 0.6 is 11.8 Å². The third kappa shape index (κ3) is 3.70. The molecule has 2 N–H and O–H groups in total. The van der Waals surface area contributed by atoms with E-state index in [2.05, 4.69) is 26.6 Å². The van der Waals surface area contributed by atoms with E-state index in [0.29, 0.717) is 5.56 Å². The van der Waals surface area contributed by atoms with Crippen molar-refractivity contribution in [3.63, 3.8) is 0 Å². The molecule has 1 aromatic carbocycles. The molecule has 0 aliphatic carbocycles. The molecule has 0 bridgehead atoms. The highest BCUT2D eigenvalue weighted by Crippen LogP contribution is 2.25. The average Bonchev–Trinajstić information content (AvgIpc) is 3.04. The Kier molecular flexibility index (Phi) is 5.37. The number of hydrogen-bond acceptors (Lipinski definition) is 6. The van der Waals surface area contributed by atoms with Gasteiger partial charge in [0, 0.05) is 31.0 Å². The first-order valence-electron chi connectivity index (χ1n) is 7.96. The molecule has 2 heterocycles. The molecule has 8 heteroatoms. The molecule has 0 unspecified atom stereocenters. The van der Waals surface area contributed by atoms with Crippen molar-refractivity contribution in [2.75, 3.05) is 31.2 Å². The number of rotatable bonds is 6. The van der Waals surface area contributed by atoms with Gasteiger partial charge in [0.1, 0.15) is 0 Å². The van der Waals surface area contributed by atoms with Gasteiger partial charge in [-0.05, 0) is 24.6 Å². The zero-order valence-electron chi connectivity index (χ0n) is 13.6. The first-order valence-corrected chi connectivity index (χ1v) is 8.95. The minimum absolute atomic E-state index is 0.407. The smallest absolute Gasteiger partial charge is 0.248 e. The standard InChI is InChI=1S/C16H21N5O2S/c1-2-21-15(20-7-9-23-10-8-20)18-19-16(21)24-11-12-3-5-13(6-4-12)14(17)22/h3-6H,2,7-11H2,1H3,(H2,17,22). The molecule has 2 aromatic rings. The number of primary amides is 1. The van der Waals surface area contributed by atoms with Gasteiger partial charge >= 0.3 is 0 Å². The highest BCUT2D eigenvalue weighted by atomic mass is 32.2. The molecule has 3 rings (SSSR count). The summed E-state index contributed by atoms with van der Waals surface area (Å²) >= 11 is 1.64. The van der Waals surface area contributed by atoms with E-state index in [1.165, 1.54) is 0 Å². The molecular formula is C16H21N5O2S. The Labute approximate surface area is 145 Å². The van der Waals surface area contributed by atoms with Gasteiger partial charge in [0.05, 0.1) is 13.2 Å². The summed E-state index contributed by atoms with van der Waals surface area (Å²) in [6.07, 6.45) is 0. The van der Waals surface area contributed by atoms with Crippen LogP contribution in [0, 0.1) is 0 Å². The summed E-state index contributed by atoms with van der Waals surface area (Å²) in [5, 5.41) is 9.60.